The zero-order valence-electron chi connectivity index (χ0n) is 7.42. The summed E-state index contributed by atoms with van der Waals surface area (Å²) in [6.45, 7) is 3.36. The topological polar surface area (TPSA) is 58.5 Å². The molecule has 0 aliphatic rings. The van der Waals surface area contributed by atoms with E-state index < -0.39 is 10.0 Å². The van der Waals surface area contributed by atoms with Crippen molar-refractivity contribution in [1.82, 2.24) is 5.32 Å². The Kier molecular flexibility index (Phi) is 3.41. The van der Waals surface area contributed by atoms with Crippen LogP contribution in [0.3, 0.4) is 0 Å². The molecule has 0 fully saturated rings. The van der Waals surface area contributed by atoms with Gasteiger partial charge in [0.1, 0.15) is 6.34 Å². The van der Waals surface area contributed by atoms with Gasteiger partial charge >= 0.3 is 0 Å². The van der Waals surface area contributed by atoms with E-state index in [0.29, 0.717) is 0 Å². The first-order chi connectivity index (χ1) is 6.67. The fourth-order valence-electron chi connectivity index (χ4n) is 0.806. The molecule has 0 saturated carbocycles. The first-order valence-corrected chi connectivity index (χ1v) is 5.31. The first kappa shape index (κ1) is 10.5. The Morgan fingerprint density at radius 1 is 1.29 bits per heavy atom. The molecule has 0 saturated heterocycles. The smallest absolute Gasteiger partial charge is 0.283 e. The molecule has 0 spiro atoms. The largest absolute Gasteiger partial charge is 0.353 e. The fourth-order valence-corrected chi connectivity index (χ4v) is 1.63. The van der Waals surface area contributed by atoms with Crippen molar-refractivity contribution in [2.45, 2.75) is 4.90 Å². The summed E-state index contributed by atoms with van der Waals surface area (Å²) in [5.74, 6) is 0. The van der Waals surface area contributed by atoms with Gasteiger partial charge in [0.2, 0.25) is 0 Å². The standard InChI is InChI=1S/C9H10N2O2S/c1-2-10-8-11-14(12,13)9-6-4-3-5-7-9/h2-8H,1H2,(H,10,11). The average molecular weight is 210 g/mol. The number of rotatable bonds is 4. The van der Waals surface area contributed by atoms with Gasteiger partial charge in [0, 0.05) is 0 Å². The molecule has 0 atom stereocenters. The van der Waals surface area contributed by atoms with Gasteiger partial charge in [-0.3, -0.25) is 0 Å². The van der Waals surface area contributed by atoms with Gasteiger partial charge in [0.15, 0.2) is 0 Å². The molecule has 1 aromatic rings. The highest BCUT2D eigenvalue weighted by Crippen LogP contribution is 2.09. The van der Waals surface area contributed by atoms with Gasteiger partial charge in [-0.05, 0) is 18.3 Å². The van der Waals surface area contributed by atoms with Crippen LogP contribution in [0.2, 0.25) is 0 Å². The predicted octanol–water partition coefficient (Wildman–Crippen LogP) is 1.14. The van der Waals surface area contributed by atoms with Gasteiger partial charge in [-0.15, -0.1) is 4.40 Å². The second kappa shape index (κ2) is 4.57. The van der Waals surface area contributed by atoms with E-state index in [9.17, 15) is 8.42 Å². The molecule has 0 radical (unpaired) electrons. The molecule has 1 N–H and O–H groups in total. The molecule has 1 aromatic carbocycles. The maximum atomic E-state index is 11.4. The highest BCUT2D eigenvalue weighted by Gasteiger charge is 2.09. The molecule has 0 amide bonds. The lowest BCUT2D eigenvalue weighted by atomic mass is 10.4. The molecule has 74 valence electrons. The highest BCUT2D eigenvalue weighted by molar-refractivity contribution is 7.90. The predicted molar refractivity (Wildman–Crippen MR) is 55.5 cm³/mol. The maximum absolute atomic E-state index is 11.4. The molecule has 0 aromatic heterocycles. The molecule has 0 aliphatic heterocycles. The number of sulfonamides is 1. The summed E-state index contributed by atoms with van der Waals surface area (Å²) in [7, 11) is -3.57. The van der Waals surface area contributed by atoms with Crippen LogP contribution in [0.25, 0.3) is 0 Å². The van der Waals surface area contributed by atoms with Crippen LogP contribution in [0.4, 0.5) is 0 Å². The van der Waals surface area contributed by atoms with Gasteiger partial charge in [0.25, 0.3) is 10.0 Å². The molecule has 5 heteroatoms. The van der Waals surface area contributed by atoms with E-state index >= 15 is 0 Å². The quantitative estimate of drug-likeness (QED) is 0.598. The summed E-state index contributed by atoms with van der Waals surface area (Å²) < 4.78 is 26.3. The third kappa shape index (κ3) is 2.70. The van der Waals surface area contributed by atoms with Gasteiger partial charge in [0.05, 0.1) is 4.90 Å². The summed E-state index contributed by atoms with van der Waals surface area (Å²) >= 11 is 0. The molecule has 4 nitrogen and oxygen atoms in total. The van der Waals surface area contributed by atoms with Crippen molar-refractivity contribution in [3.8, 4) is 0 Å². The molecule has 14 heavy (non-hydrogen) atoms. The number of hydrogen-bond acceptors (Lipinski definition) is 2. The molecule has 0 bridgehead atoms. The highest BCUT2D eigenvalue weighted by atomic mass is 32.2. The van der Waals surface area contributed by atoms with E-state index in [0.717, 1.165) is 6.34 Å². The van der Waals surface area contributed by atoms with Crippen LogP contribution in [-0.2, 0) is 10.0 Å². The number of nitrogens with zero attached hydrogens (tertiary/aromatic N) is 1. The Balaban J connectivity index is 2.92. The molecule has 0 heterocycles. The van der Waals surface area contributed by atoms with Crippen molar-refractivity contribution in [2.24, 2.45) is 4.40 Å². The van der Waals surface area contributed by atoms with Gasteiger partial charge in [-0.2, -0.15) is 8.42 Å². The zero-order valence-corrected chi connectivity index (χ0v) is 8.24. The second-order valence-corrected chi connectivity index (χ2v) is 4.03. The van der Waals surface area contributed by atoms with Crippen molar-refractivity contribution in [2.75, 3.05) is 0 Å². The van der Waals surface area contributed by atoms with Crippen molar-refractivity contribution in [1.29, 1.82) is 0 Å². The Morgan fingerprint density at radius 3 is 2.50 bits per heavy atom. The second-order valence-electron chi connectivity index (χ2n) is 2.39. The Hall–Kier alpha value is -1.62. The lowest BCUT2D eigenvalue weighted by Crippen LogP contribution is -2.04. The van der Waals surface area contributed by atoms with E-state index in [4.69, 9.17) is 0 Å². The third-order valence-electron chi connectivity index (χ3n) is 1.42. The summed E-state index contributed by atoms with van der Waals surface area (Å²) in [6, 6.07) is 8.00. The minimum atomic E-state index is -3.57. The fraction of sp³-hybridized carbons (Fsp3) is 0. The third-order valence-corrected chi connectivity index (χ3v) is 2.68. The number of benzene rings is 1. The SMILES string of the molecule is C=CN/C=N\S(=O)(=O)c1ccccc1. The van der Waals surface area contributed by atoms with Crippen LogP contribution < -0.4 is 5.32 Å². The van der Waals surface area contributed by atoms with Crippen LogP contribution >= 0.6 is 0 Å². The van der Waals surface area contributed by atoms with E-state index in [-0.39, 0.29) is 4.90 Å². The van der Waals surface area contributed by atoms with Crippen LogP contribution in [0.5, 0.6) is 0 Å². The van der Waals surface area contributed by atoms with E-state index in [1.54, 1.807) is 18.2 Å². The lowest BCUT2D eigenvalue weighted by Gasteiger charge is -1.96. The first-order valence-electron chi connectivity index (χ1n) is 3.87. The van der Waals surface area contributed by atoms with Crippen molar-refractivity contribution in [3.63, 3.8) is 0 Å². The summed E-state index contributed by atoms with van der Waals surface area (Å²) in [6.07, 6.45) is 2.42. The Morgan fingerprint density at radius 2 is 1.93 bits per heavy atom. The lowest BCUT2D eigenvalue weighted by molar-refractivity contribution is 0.598. The van der Waals surface area contributed by atoms with Crippen molar-refractivity contribution >= 4 is 16.4 Å². The Labute approximate surface area is 83.0 Å². The van der Waals surface area contributed by atoms with Crippen LogP contribution in [0.1, 0.15) is 0 Å². The monoisotopic (exact) mass is 210 g/mol. The van der Waals surface area contributed by atoms with Crippen LogP contribution in [0.15, 0.2) is 52.4 Å². The van der Waals surface area contributed by atoms with E-state index in [1.165, 1.54) is 18.3 Å². The molecule has 1 rings (SSSR count). The average Bonchev–Trinajstić information content (AvgIpc) is 2.19. The van der Waals surface area contributed by atoms with E-state index in [1.807, 2.05) is 0 Å². The van der Waals surface area contributed by atoms with Crippen LogP contribution in [0, 0.1) is 0 Å². The summed E-state index contributed by atoms with van der Waals surface area (Å²) in [4.78, 5) is 0.169. The molecule has 0 aliphatic carbocycles. The van der Waals surface area contributed by atoms with E-state index in [2.05, 4.69) is 16.3 Å². The van der Waals surface area contributed by atoms with Gasteiger partial charge < -0.3 is 5.32 Å². The number of nitrogens with one attached hydrogen (secondary N) is 1. The van der Waals surface area contributed by atoms with Crippen molar-refractivity contribution in [3.05, 3.63) is 43.1 Å². The van der Waals surface area contributed by atoms with Crippen LogP contribution in [-0.4, -0.2) is 14.8 Å². The van der Waals surface area contributed by atoms with Gasteiger partial charge in [-0.1, -0.05) is 24.8 Å². The maximum Gasteiger partial charge on any atom is 0.283 e. The summed E-state index contributed by atoms with van der Waals surface area (Å²) in [5, 5.41) is 2.47. The summed E-state index contributed by atoms with van der Waals surface area (Å²) in [5.41, 5.74) is 0. The molecular weight excluding hydrogens is 200 g/mol. The minimum absolute atomic E-state index is 0.169. The number of hydrogen-bond donors (Lipinski definition) is 1. The zero-order chi connectivity index (χ0) is 10.4. The Bertz CT molecular complexity index is 423. The minimum Gasteiger partial charge on any atom is -0.353 e. The van der Waals surface area contributed by atoms with Gasteiger partial charge in [-0.25, -0.2) is 0 Å². The molecule has 0 unspecified atom stereocenters. The van der Waals surface area contributed by atoms with Crippen molar-refractivity contribution < 1.29 is 8.42 Å². The normalized spacial score (nSPS) is 11.4. The molecular formula is C9H10N2O2S.